The highest BCUT2D eigenvalue weighted by Crippen LogP contribution is 2.41. The molecule has 2 unspecified atom stereocenters. The molecule has 1 aromatic heterocycles. The zero-order valence-corrected chi connectivity index (χ0v) is 18.8. The Kier molecular flexibility index (Phi) is 5.88. The summed E-state index contributed by atoms with van der Waals surface area (Å²) in [5.41, 5.74) is 11.5. The predicted molar refractivity (Wildman–Crippen MR) is 122 cm³/mol. The molecule has 7 nitrogen and oxygen atoms in total. The summed E-state index contributed by atoms with van der Waals surface area (Å²) in [6.45, 7) is 5.92. The molecule has 1 fully saturated rings. The zero-order chi connectivity index (χ0) is 22.2. The minimum Gasteiger partial charge on any atom is -0.400 e. The first-order valence-electron chi connectivity index (χ1n) is 11.7. The predicted octanol–water partition coefficient (Wildman–Crippen LogP) is 3.60. The van der Waals surface area contributed by atoms with Gasteiger partial charge in [-0.25, -0.2) is 0 Å². The van der Waals surface area contributed by atoms with Gasteiger partial charge in [0.15, 0.2) is 0 Å². The average Bonchev–Trinajstić information content (AvgIpc) is 3.43. The Hall–Kier alpha value is -2.48. The third kappa shape index (κ3) is 4.12. The van der Waals surface area contributed by atoms with E-state index in [1.807, 2.05) is 19.9 Å². The van der Waals surface area contributed by atoms with E-state index in [4.69, 9.17) is 20.0 Å². The van der Waals surface area contributed by atoms with E-state index < -0.39 is 0 Å². The second-order valence-electron chi connectivity index (χ2n) is 9.33. The number of allylic oxidation sites excluding steroid dienone is 2. The van der Waals surface area contributed by atoms with Crippen molar-refractivity contribution in [1.82, 2.24) is 15.0 Å². The van der Waals surface area contributed by atoms with Gasteiger partial charge in [-0.1, -0.05) is 29.4 Å². The fourth-order valence-electron chi connectivity index (χ4n) is 5.18. The van der Waals surface area contributed by atoms with E-state index in [0.29, 0.717) is 29.9 Å². The number of ether oxygens (including phenoxy) is 1. The highest BCUT2D eigenvalue weighted by atomic mass is 16.5. The lowest BCUT2D eigenvalue weighted by Gasteiger charge is -2.34. The summed E-state index contributed by atoms with van der Waals surface area (Å²) < 4.78 is 11.5. The topological polar surface area (TPSA) is 97.6 Å². The van der Waals surface area contributed by atoms with Crippen LogP contribution in [0.15, 0.2) is 40.6 Å². The van der Waals surface area contributed by atoms with E-state index in [0.717, 1.165) is 49.9 Å². The quantitative estimate of drug-likeness (QED) is 0.739. The second kappa shape index (κ2) is 8.81. The average molecular weight is 437 g/mol. The van der Waals surface area contributed by atoms with E-state index in [1.54, 1.807) is 0 Å². The maximum atomic E-state index is 9.86. The largest absolute Gasteiger partial charge is 0.400 e. The lowest BCUT2D eigenvalue weighted by atomic mass is 9.99. The number of rotatable bonds is 5. The van der Waals surface area contributed by atoms with Crippen molar-refractivity contribution in [2.24, 2.45) is 5.73 Å². The zero-order valence-electron chi connectivity index (χ0n) is 18.8. The summed E-state index contributed by atoms with van der Waals surface area (Å²) in [5, 5.41) is 14.2. The molecule has 0 saturated carbocycles. The monoisotopic (exact) mass is 436 g/mol. The third-order valence-electron chi connectivity index (χ3n) is 6.77. The van der Waals surface area contributed by atoms with Gasteiger partial charge in [0.25, 0.3) is 5.89 Å². The van der Waals surface area contributed by atoms with Crippen LogP contribution in [0.25, 0.3) is 17.0 Å². The highest BCUT2D eigenvalue weighted by Gasteiger charge is 2.32. The van der Waals surface area contributed by atoms with Crippen LogP contribution in [0.2, 0.25) is 0 Å². The summed E-state index contributed by atoms with van der Waals surface area (Å²) in [6.07, 6.45) is 8.30. The Balaban J connectivity index is 1.36. The lowest BCUT2D eigenvalue weighted by Crippen LogP contribution is -2.37. The Bertz CT molecular complexity index is 1030. The number of piperidine rings is 1. The molecule has 7 heteroatoms. The molecule has 1 saturated heterocycles. The van der Waals surface area contributed by atoms with Crippen molar-refractivity contribution < 1.29 is 14.4 Å². The number of hydrogen-bond donors (Lipinski definition) is 2. The molecule has 32 heavy (non-hydrogen) atoms. The van der Waals surface area contributed by atoms with Crippen LogP contribution in [0.4, 0.5) is 0 Å². The molecule has 5 rings (SSSR count). The van der Waals surface area contributed by atoms with Crippen LogP contribution >= 0.6 is 0 Å². The van der Waals surface area contributed by atoms with Crippen molar-refractivity contribution in [1.29, 1.82) is 0 Å². The first-order chi connectivity index (χ1) is 15.5. The highest BCUT2D eigenvalue weighted by molar-refractivity contribution is 5.72. The van der Waals surface area contributed by atoms with Gasteiger partial charge in [0.05, 0.1) is 12.2 Å². The van der Waals surface area contributed by atoms with Gasteiger partial charge >= 0.3 is 0 Å². The van der Waals surface area contributed by atoms with Crippen molar-refractivity contribution in [3.05, 3.63) is 53.1 Å². The molecule has 2 heterocycles. The van der Waals surface area contributed by atoms with Crippen LogP contribution in [0.1, 0.15) is 62.6 Å². The number of likely N-dealkylation sites (tertiary alicyclic amines) is 1. The van der Waals surface area contributed by atoms with Gasteiger partial charge in [0.2, 0.25) is 5.82 Å². The fraction of sp³-hybridized carbons (Fsp3) is 0.520. The van der Waals surface area contributed by atoms with Crippen molar-refractivity contribution in [3.63, 3.8) is 0 Å². The molecule has 0 bridgehead atoms. The lowest BCUT2D eigenvalue weighted by molar-refractivity contribution is 0.0295. The molecule has 3 aliphatic rings. The third-order valence-corrected chi connectivity index (χ3v) is 6.77. The molecule has 0 radical (unpaired) electrons. The number of fused-ring (bicyclic) bond motifs is 1. The fourth-order valence-corrected chi connectivity index (χ4v) is 5.18. The Labute approximate surface area is 188 Å². The van der Waals surface area contributed by atoms with Crippen molar-refractivity contribution >= 4 is 5.57 Å². The molecule has 1 aliphatic heterocycles. The van der Waals surface area contributed by atoms with Crippen molar-refractivity contribution in [3.8, 4) is 11.4 Å². The number of hydrogen-bond acceptors (Lipinski definition) is 7. The Morgan fingerprint density at radius 2 is 2.03 bits per heavy atom. The van der Waals surface area contributed by atoms with Gasteiger partial charge in [0.1, 0.15) is 6.10 Å². The summed E-state index contributed by atoms with van der Waals surface area (Å²) >= 11 is 0. The normalized spacial score (nSPS) is 24.5. The van der Waals surface area contributed by atoms with Crippen LogP contribution < -0.4 is 5.73 Å². The second-order valence-corrected chi connectivity index (χ2v) is 9.33. The Morgan fingerprint density at radius 3 is 2.78 bits per heavy atom. The molecule has 0 amide bonds. The number of nitrogens with zero attached hydrogens (tertiary/aromatic N) is 3. The van der Waals surface area contributed by atoms with Crippen LogP contribution in [0.5, 0.6) is 0 Å². The SMILES string of the molecule is CC(C)OC1CC=C(c2nc(-c3cccc4c3CCC4N3CCC(O)CC3)no2)C=C1N. The number of aliphatic hydroxyl groups is 1. The molecular weight excluding hydrogens is 404 g/mol. The maximum Gasteiger partial charge on any atom is 0.257 e. The van der Waals surface area contributed by atoms with Crippen LogP contribution in [0.3, 0.4) is 0 Å². The summed E-state index contributed by atoms with van der Waals surface area (Å²) in [5.74, 6) is 1.11. The molecule has 2 atom stereocenters. The summed E-state index contributed by atoms with van der Waals surface area (Å²) in [4.78, 5) is 7.23. The summed E-state index contributed by atoms with van der Waals surface area (Å²) in [7, 11) is 0. The van der Waals surface area contributed by atoms with Gasteiger partial charge in [-0.2, -0.15) is 4.98 Å². The van der Waals surface area contributed by atoms with Gasteiger partial charge in [0, 0.05) is 36.0 Å². The van der Waals surface area contributed by atoms with Gasteiger partial charge < -0.3 is 20.1 Å². The van der Waals surface area contributed by atoms with Crippen LogP contribution in [-0.2, 0) is 11.2 Å². The minimum absolute atomic E-state index is 0.105. The first-order valence-corrected chi connectivity index (χ1v) is 11.7. The van der Waals surface area contributed by atoms with Gasteiger partial charge in [-0.3, -0.25) is 4.90 Å². The van der Waals surface area contributed by atoms with Gasteiger partial charge in [-0.05, 0) is 63.2 Å². The molecule has 170 valence electrons. The molecule has 1 aromatic carbocycles. The molecule has 3 N–H and O–H groups in total. The van der Waals surface area contributed by atoms with E-state index in [9.17, 15) is 5.11 Å². The van der Waals surface area contributed by atoms with Crippen LogP contribution in [0, 0.1) is 0 Å². The maximum absolute atomic E-state index is 9.86. The number of nitrogens with two attached hydrogens (primary N) is 1. The van der Waals surface area contributed by atoms with Crippen molar-refractivity contribution in [2.75, 3.05) is 13.1 Å². The number of aliphatic hydroxyl groups excluding tert-OH is 1. The van der Waals surface area contributed by atoms with E-state index in [1.165, 1.54) is 11.1 Å². The molecule has 0 spiro atoms. The van der Waals surface area contributed by atoms with E-state index in [2.05, 4.69) is 34.3 Å². The number of benzene rings is 1. The van der Waals surface area contributed by atoms with Gasteiger partial charge in [-0.15, -0.1) is 0 Å². The smallest absolute Gasteiger partial charge is 0.257 e. The standard InChI is InChI=1S/C25H32N4O3/c1-15(2)31-23-9-6-16(14-21(23)26)25-27-24(28-32-25)20-5-3-4-19-18(20)7-8-22(19)29-12-10-17(30)11-13-29/h3-6,14-15,17,22-23,30H,7-13,26H2,1-2H3. The molecule has 2 aromatic rings. The molecular formula is C25H32N4O3. The van der Waals surface area contributed by atoms with Crippen LogP contribution in [-0.4, -0.2) is 51.5 Å². The van der Waals surface area contributed by atoms with Crippen molar-refractivity contribution in [2.45, 2.75) is 70.3 Å². The Morgan fingerprint density at radius 1 is 1.22 bits per heavy atom. The molecule has 2 aliphatic carbocycles. The first kappa shape index (κ1) is 21.4. The summed E-state index contributed by atoms with van der Waals surface area (Å²) in [6, 6.07) is 6.81. The van der Waals surface area contributed by atoms with E-state index >= 15 is 0 Å². The minimum atomic E-state index is -0.152. The van der Waals surface area contributed by atoms with E-state index in [-0.39, 0.29) is 18.3 Å². The number of aromatic nitrogens is 2.